The summed E-state index contributed by atoms with van der Waals surface area (Å²) in [5.74, 6) is 0. The van der Waals surface area contributed by atoms with Gasteiger partial charge in [0.2, 0.25) is 0 Å². The third kappa shape index (κ3) is 3.96. The minimum Gasteiger partial charge on any atom is -0.445 e. The Morgan fingerprint density at radius 1 is 1.00 bits per heavy atom. The van der Waals surface area contributed by atoms with E-state index in [1.54, 1.807) is 15.8 Å². The topological polar surface area (TPSA) is 64.4 Å². The lowest BCUT2D eigenvalue weighted by Crippen LogP contribution is -2.41. The average molecular weight is 375 g/mol. The van der Waals surface area contributed by atoms with Crippen LogP contribution in [0, 0.1) is 0 Å². The van der Waals surface area contributed by atoms with Crippen molar-refractivity contribution < 1.29 is 9.53 Å². The molecule has 2 heterocycles. The van der Waals surface area contributed by atoms with Crippen molar-refractivity contribution >= 4 is 6.09 Å². The number of ether oxygens (including phenoxy) is 1. The van der Waals surface area contributed by atoms with Crippen molar-refractivity contribution in [1.82, 2.24) is 14.5 Å². The van der Waals surface area contributed by atoms with Crippen LogP contribution in [0.1, 0.15) is 22.4 Å². The Bertz CT molecular complexity index is 1020. The van der Waals surface area contributed by atoms with E-state index >= 15 is 0 Å². The lowest BCUT2D eigenvalue weighted by atomic mass is 10.1. The molecule has 4 rings (SSSR count). The molecule has 0 bridgehead atoms. The van der Waals surface area contributed by atoms with Gasteiger partial charge in [0.05, 0.1) is 30.7 Å². The van der Waals surface area contributed by atoms with Gasteiger partial charge in [0.25, 0.3) is 5.56 Å². The highest BCUT2D eigenvalue weighted by Gasteiger charge is 2.25. The van der Waals surface area contributed by atoms with Crippen LogP contribution >= 0.6 is 0 Å². The van der Waals surface area contributed by atoms with E-state index in [1.165, 1.54) is 0 Å². The first-order valence-corrected chi connectivity index (χ1v) is 9.27. The molecular formula is C22H21N3O3. The molecular weight excluding hydrogens is 354 g/mol. The molecule has 0 saturated heterocycles. The number of rotatable bonds is 4. The fraction of sp³-hybridized carbons (Fsp3) is 0.227. The molecule has 1 amide bonds. The van der Waals surface area contributed by atoms with Crippen LogP contribution in [0.3, 0.4) is 0 Å². The molecule has 0 atom stereocenters. The quantitative estimate of drug-likeness (QED) is 0.703. The standard InChI is InChI=1S/C22H21N3O3/c26-21-19-14-24(22(27)28-15-18-9-5-2-6-10-18)12-11-20(19)23-16-25(21)13-17-7-3-1-4-8-17/h1-10,16H,11-15H2. The SMILES string of the molecule is O=C(OCc1ccccc1)N1CCc2ncn(Cc3ccccc3)c(=O)c2C1. The molecule has 1 aliphatic heterocycles. The summed E-state index contributed by atoms with van der Waals surface area (Å²) in [6.07, 6.45) is 1.74. The Hall–Kier alpha value is -3.41. The molecule has 3 aromatic rings. The fourth-order valence-electron chi connectivity index (χ4n) is 3.31. The molecule has 142 valence electrons. The van der Waals surface area contributed by atoms with Gasteiger partial charge in [0, 0.05) is 13.0 Å². The maximum atomic E-state index is 12.9. The normalized spacial score (nSPS) is 13.1. The number of carbonyl (C=O) groups is 1. The van der Waals surface area contributed by atoms with E-state index in [0.29, 0.717) is 25.1 Å². The van der Waals surface area contributed by atoms with Crippen molar-refractivity contribution in [3.8, 4) is 0 Å². The van der Waals surface area contributed by atoms with E-state index in [9.17, 15) is 9.59 Å². The molecule has 0 N–H and O–H groups in total. The van der Waals surface area contributed by atoms with E-state index < -0.39 is 6.09 Å². The van der Waals surface area contributed by atoms with Crippen LogP contribution in [0.25, 0.3) is 0 Å². The molecule has 0 fully saturated rings. The zero-order chi connectivity index (χ0) is 19.3. The summed E-state index contributed by atoms with van der Waals surface area (Å²) in [6.45, 7) is 1.40. The molecule has 0 spiro atoms. The summed E-state index contributed by atoms with van der Waals surface area (Å²) in [4.78, 5) is 31.4. The van der Waals surface area contributed by atoms with Gasteiger partial charge in [-0.05, 0) is 11.1 Å². The van der Waals surface area contributed by atoms with E-state index in [0.717, 1.165) is 16.8 Å². The van der Waals surface area contributed by atoms with Gasteiger partial charge in [-0.15, -0.1) is 0 Å². The van der Waals surface area contributed by atoms with Gasteiger partial charge in [-0.1, -0.05) is 60.7 Å². The van der Waals surface area contributed by atoms with Gasteiger partial charge in [0.1, 0.15) is 6.61 Å². The Kier molecular flexibility index (Phi) is 5.19. The van der Waals surface area contributed by atoms with Crippen molar-refractivity contribution in [3.05, 3.63) is 99.7 Å². The number of aromatic nitrogens is 2. The first kappa shape index (κ1) is 18.0. The summed E-state index contributed by atoms with van der Waals surface area (Å²) in [5, 5.41) is 0. The Morgan fingerprint density at radius 3 is 2.39 bits per heavy atom. The second-order valence-corrected chi connectivity index (χ2v) is 6.80. The van der Waals surface area contributed by atoms with Gasteiger partial charge in [0.15, 0.2) is 0 Å². The van der Waals surface area contributed by atoms with Crippen molar-refractivity contribution in [2.24, 2.45) is 0 Å². The van der Waals surface area contributed by atoms with Gasteiger partial charge < -0.3 is 9.64 Å². The molecule has 1 aliphatic rings. The maximum Gasteiger partial charge on any atom is 0.410 e. The smallest absolute Gasteiger partial charge is 0.410 e. The van der Waals surface area contributed by atoms with Crippen molar-refractivity contribution in [2.45, 2.75) is 26.1 Å². The lowest BCUT2D eigenvalue weighted by molar-refractivity contribution is 0.0913. The van der Waals surface area contributed by atoms with Crippen LogP contribution in [-0.4, -0.2) is 27.1 Å². The van der Waals surface area contributed by atoms with Crippen LogP contribution in [0.5, 0.6) is 0 Å². The third-order valence-corrected chi connectivity index (χ3v) is 4.85. The zero-order valence-electron chi connectivity index (χ0n) is 15.5. The molecule has 6 nitrogen and oxygen atoms in total. The van der Waals surface area contributed by atoms with Crippen molar-refractivity contribution in [3.63, 3.8) is 0 Å². The van der Waals surface area contributed by atoms with Crippen LogP contribution in [0.2, 0.25) is 0 Å². The van der Waals surface area contributed by atoms with Crippen molar-refractivity contribution in [2.75, 3.05) is 6.54 Å². The Balaban J connectivity index is 1.47. The number of amides is 1. The number of nitrogens with zero attached hydrogens (tertiary/aromatic N) is 3. The van der Waals surface area contributed by atoms with Crippen LogP contribution in [0.15, 0.2) is 71.8 Å². The first-order chi connectivity index (χ1) is 13.7. The van der Waals surface area contributed by atoms with Gasteiger partial charge >= 0.3 is 6.09 Å². The van der Waals surface area contributed by atoms with Crippen LogP contribution in [0.4, 0.5) is 4.79 Å². The second-order valence-electron chi connectivity index (χ2n) is 6.80. The molecule has 1 aromatic heterocycles. The third-order valence-electron chi connectivity index (χ3n) is 4.85. The van der Waals surface area contributed by atoms with Gasteiger partial charge in [-0.25, -0.2) is 9.78 Å². The molecule has 28 heavy (non-hydrogen) atoms. The van der Waals surface area contributed by atoms with Crippen LogP contribution < -0.4 is 5.56 Å². The molecule has 2 aromatic carbocycles. The summed E-state index contributed by atoms with van der Waals surface area (Å²) in [7, 11) is 0. The number of benzene rings is 2. The highest BCUT2D eigenvalue weighted by Crippen LogP contribution is 2.15. The summed E-state index contributed by atoms with van der Waals surface area (Å²) < 4.78 is 7.00. The summed E-state index contributed by atoms with van der Waals surface area (Å²) >= 11 is 0. The van der Waals surface area contributed by atoms with E-state index in [4.69, 9.17) is 4.74 Å². The molecule has 0 radical (unpaired) electrons. The Morgan fingerprint density at radius 2 is 1.68 bits per heavy atom. The largest absolute Gasteiger partial charge is 0.445 e. The van der Waals surface area contributed by atoms with E-state index in [1.807, 2.05) is 60.7 Å². The van der Waals surface area contributed by atoms with Gasteiger partial charge in [-0.3, -0.25) is 9.36 Å². The minimum atomic E-state index is -0.410. The summed E-state index contributed by atoms with van der Waals surface area (Å²) in [6, 6.07) is 19.3. The highest BCUT2D eigenvalue weighted by molar-refractivity contribution is 5.68. The summed E-state index contributed by atoms with van der Waals surface area (Å²) in [5.41, 5.74) is 3.19. The monoisotopic (exact) mass is 375 g/mol. The van der Waals surface area contributed by atoms with Gasteiger partial charge in [-0.2, -0.15) is 0 Å². The Labute approximate surface area is 163 Å². The van der Waals surface area contributed by atoms with Crippen molar-refractivity contribution in [1.29, 1.82) is 0 Å². The van der Waals surface area contributed by atoms with E-state index in [2.05, 4.69) is 4.98 Å². The highest BCUT2D eigenvalue weighted by atomic mass is 16.6. The molecule has 0 aliphatic carbocycles. The predicted molar refractivity (Wildman–Crippen MR) is 105 cm³/mol. The minimum absolute atomic E-state index is 0.102. The maximum absolute atomic E-state index is 12.9. The number of hydrogen-bond donors (Lipinski definition) is 0. The zero-order valence-corrected chi connectivity index (χ0v) is 15.5. The number of hydrogen-bond acceptors (Lipinski definition) is 4. The molecule has 0 unspecified atom stereocenters. The molecule has 0 saturated carbocycles. The van der Waals surface area contributed by atoms with Crippen LogP contribution in [-0.2, 0) is 30.9 Å². The average Bonchev–Trinajstić information content (AvgIpc) is 2.75. The molecule has 6 heteroatoms. The second kappa shape index (κ2) is 8.08. The number of fused-ring (bicyclic) bond motifs is 1. The van der Waals surface area contributed by atoms with E-state index in [-0.39, 0.29) is 18.7 Å². The first-order valence-electron chi connectivity index (χ1n) is 9.27. The predicted octanol–water partition coefficient (Wildman–Crippen LogP) is 2.99. The lowest BCUT2D eigenvalue weighted by Gasteiger charge is -2.27. The fourth-order valence-corrected chi connectivity index (χ4v) is 3.31. The number of carbonyl (C=O) groups excluding carboxylic acids is 1.